The summed E-state index contributed by atoms with van der Waals surface area (Å²) in [5, 5.41) is 5.06. The molecule has 7 nitrogen and oxygen atoms in total. The van der Waals surface area contributed by atoms with E-state index in [0.717, 1.165) is 36.4 Å². The molecule has 8 heteroatoms. The van der Waals surface area contributed by atoms with E-state index < -0.39 is 5.91 Å². The summed E-state index contributed by atoms with van der Waals surface area (Å²) in [7, 11) is 0. The zero-order valence-electron chi connectivity index (χ0n) is 14.8. The van der Waals surface area contributed by atoms with Crippen LogP contribution in [0.3, 0.4) is 0 Å². The number of carbonyl (C=O) groups is 2. The smallest absolute Gasteiger partial charge is 0.251 e. The SMILES string of the molecule is NC(=O)c1ccsc1NC(=O)CN1CCCC1c1ccc2c(c1)OCCO2. The number of primary amides is 1. The average molecular weight is 387 g/mol. The number of carbonyl (C=O) groups excluding carboxylic acids is 2. The first kappa shape index (κ1) is 17.8. The number of amides is 2. The molecule has 1 fully saturated rings. The Bertz CT molecular complexity index is 866. The fourth-order valence-electron chi connectivity index (χ4n) is 3.61. The Morgan fingerprint density at radius 1 is 1.22 bits per heavy atom. The van der Waals surface area contributed by atoms with Crippen LogP contribution in [-0.2, 0) is 4.79 Å². The maximum Gasteiger partial charge on any atom is 0.251 e. The third kappa shape index (κ3) is 3.77. The summed E-state index contributed by atoms with van der Waals surface area (Å²) in [5.41, 5.74) is 6.81. The molecule has 1 aromatic carbocycles. The van der Waals surface area contributed by atoms with Gasteiger partial charge in [0.1, 0.15) is 18.2 Å². The lowest BCUT2D eigenvalue weighted by Gasteiger charge is -2.26. The molecule has 3 N–H and O–H groups in total. The second-order valence-corrected chi connectivity index (χ2v) is 7.52. The van der Waals surface area contributed by atoms with Crippen LogP contribution in [0, 0.1) is 0 Å². The number of nitrogens with one attached hydrogen (secondary N) is 1. The molecule has 3 heterocycles. The summed E-state index contributed by atoms with van der Waals surface area (Å²) in [6, 6.07) is 7.77. The fourth-order valence-corrected chi connectivity index (χ4v) is 4.42. The lowest BCUT2D eigenvalue weighted by Crippen LogP contribution is -2.33. The van der Waals surface area contributed by atoms with Gasteiger partial charge in [-0.25, -0.2) is 0 Å². The molecule has 1 saturated heterocycles. The number of fused-ring (bicyclic) bond motifs is 1. The van der Waals surface area contributed by atoms with E-state index in [0.29, 0.717) is 23.8 Å². The molecule has 2 aliphatic rings. The summed E-state index contributed by atoms with van der Waals surface area (Å²) in [4.78, 5) is 26.1. The average Bonchev–Trinajstić information content (AvgIpc) is 3.30. The van der Waals surface area contributed by atoms with Crippen molar-refractivity contribution < 1.29 is 19.1 Å². The van der Waals surface area contributed by atoms with Crippen molar-refractivity contribution in [3.05, 3.63) is 40.8 Å². The molecule has 0 radical (unpaired) electrons. The van der Waals surface area contributed by atoms with Gasteiger partial charge in [-0.1, -0.05) is 6.07 Å². The monoisotopic (exact) mass is 387 g/mol. The van der Waals surface area contributed by atoms with Crippen LogP contribution < -0.4 is 20.5 Å². The molecule has 2 amide bonds. The van der Waals surface area contributed by atoms with Crippen molar-refractivity contribution in [2.75, 3.05) is 31.6 Å². The van der Waals surface area contributed by atoms with Crippen molar-refractivity contribution >= 4 is 28.2 Å². The quantitative estimate of drug-likeness (QED) is 0.822. The molecule has 27 heavy (non-hydrogen) atoms. The van der Waals surface area contributed by atoms with Gasteiger partial charge in [-0.15, -0.1) is 11.3 Å². The standard InChI is InChI=1S/C19H21N3O4S/c20-18(24)13-5-9-27-19(13)21-17(23)11-22-6-1-2-14(22)12-3-4-15-16(10-12)26-8-7-25-15/h3-5,9-10,14H,1-2,6-8,11H2,(H2,20,24)(H,21,23). The number of anilines is 1. The summed E-state index contributed by atoms with van der Waals surface area (Å²) < 4.78 is 11.3. The number of thiophene rings is 1. The third-order valence-corrected chi connectivity index (χ3v) is 5.67. The molecule has 1 unspecified atom stereocenters. The maximum atomic E-state index is 12.5. The third-order valence-electron chi connectivity index (χ3n) is 4.84. The lowest BCUT2D eigenvalue weighted by molar-refractivity contribution is -0.117. The first-order valence-corrected chi connectivity index (χ1v) is 9.80. The van der Waals surface area contributed by atoms with Crippen molar-refractivity contribution in [3.63, 3.8) is 0 Å². The molecule has 1 atom stereocenters. The van der Waals surface area contributed by atoms with Crippen LogP contribution >= 0.6 is 11.3 Å². The van der Waals surface area contributed by atoms with E-state index in [1.165, 1.54) is 11.3 Å². The van der Waals surface area contributed by atoms with Gasteiger partial charge in [0.25, 0.3) is 5.91 Å². The summed E-state index contributed by atoms with van der Waals surface area (Å²) in [6.07, 6.45) is 2.01. The second-order valence-electron chi connectivity index (χ2n) is 6.61. The maximum absolute atomic E-state index is 12.5. The van der Waals surface area contributed by atoms with Crippen LogP contribution in [0.25, 0.3) is 0 Å². The normalized spacial score (nSPS) is 19.0. The van der Waals surface area contributed by atoms with Gasteiger partial charge in [0.2, 0.25) is 5.91 Å². The minimum Gasteiger partial charge on any atom is -0.486 e. The summed E-state index contributed by atoms with van der Waals surface area (Å²) in [6.45, 7) is 2.23. The topological polar surface area (TPSA) is 93.9 Å². The number of benzene rings is 1. The van der Waals surface area contributed by atoms with Gasteiger partial charge >= 0.3 is 0 Å². The van der Waals surface area contributed by atoms with Gasteiger partial charge in [-0.3, -0.25) is 14.5 Å². The number of hydrogen-bond donors (Lipinski definition) is 2. The highest BCUT2D eigenvalue weighted by atomic mass is 32.1. The lowest BCUT2D eigenvalue weighted by atomic mass is 10.0. The highest BCUT2D eigenvalue weighted by Gasteiger charge is 2.29. The Morgan fingerprint density at radius 3 is 2.85 bits per heavy atom. The molecule has 0 aliphatic carbocycles. The minimum atomic E-state index is -0.540. The molecule has 4 rings (SSSR count). The molecule has 0 bridgehead atoms. The Morgan fingerprint density at radius 2 is 2.04 bits per heavy atom. The van der Waals surface area contributed by atoms with Gasteiger partial charge in [-0.05, 0) is 48.5 Å². The Balaban J connectivity index is 1.45. The number of rotatable bonds is 5. The fraction of sp³-hybridized carbons (Fsp3) is 0.368. The van der Waals surface area contributed by atoms with Crippen LogP contribution in [0.1, 0.15) is 34.8 Å². The van der Waals surface area contributed by atoms with Gasteiger partial charge in [0.15, 0.2) is 11.5 Å². The molecule has 2 aromatic rings. The zero-order chi connectivity index (χ0) is 18.8. The first-order chi connectivity index (χ1) is 13.1. The van der Waals surface area contributed by atoms with E-state index in [9.17, 15) is 9.59 Å². The molecule has 2 aliphatic heterocycles. The van der Waals surface area contributed by atoms with E-state index in [4.69, 9.17) is 15.2 Å². The van der Waals surface area contributed by atoms with Gasteiger partial charge in [-0.2, -0.15) is 0 Å². The second kappa shape index (κ2) is 7.58. The Labute approximate surface area is 161 Å². The Kier molecular flexibility index (Phi) is 5.00. The molecular formula is C19H21N3O4S. The molecular weight excluding hydrogens is 366 g/mol. The van der Waals surface area contributed by atoms with Crippen molar-refractivity contribution in [3.8, 4) is 11.5 Å². The predicted molar refractivity (Wildman–Crippen MR) is 102 cm³/mol. The van der Waals surface area contributed by atoms with Crippen molar-refractivity contribution in [2.24, 2.45) is 5.73 Å². The van der Waals surface area contributed by atoms with Crippen LogP contribution in [0.15, 0.2) is 29.6 Å². The molecule has 0 spiro atoms. The number of nitrogens with two attached hydrogens (primary N) is 1. The van der Waals surface area contributed by atoms with E-state index in [-0.39, 0.29) is 18.5 Å². The van der Waals surface area contributed by atoms with E-state index in [2.05, 4.69) is 10.2 Å². The van der Waals surface area contributed by atoms with Gasteiger partial charge < -0.3 is 20.5 Å². The van der Waals surface area contributed by atoms with Gasteiger partial charge in [0.05, 0.1) is 12.1 Å². The largest absolute Gasteiger partial charge is 0.486 e. The van der Waals surface area contributed by atoms with Crippen molar-refractivity contribution in [1.29, 1.82) is 0 Å². The van der Waals surface area contributed by atoms with Crippen molar-refractivity contribution in [1.82, 2.24) is 4.90 Å². The van der Waals surface area contributed by atoms with E-state index in [1.807, 2.05) is 18.2 Å². The highest BCUT2D eigenvalue weighted by Crippen LogP contribution is 2.38. The first-order valence-electron chi connectivity index (χ1n) is 8.92. The number of hydrogen-bond acceptors (Lipinski definition) is 6. The van der Waals surface area contributed by atoms with Crippen LogP contribution in [0.2, 0.25) is 0 Å². The molecule has 0 saturated carbocycles. The predicted octanol–water partition coefficient (Wildman–Crippen LogP) is 2.39. The van der Waals surface area contributed by atoms with Crippen LogP contribution in [-0.4, -0.2) is 43.0 Å². The number of likely N-dealkylation sites (tertiary alicyclic amines) is 1. The van der Waals surface area contributed by atoms with Crippen LogP contribution in [0.4, 0.5) is 5.00 Å². The summed E-state index contributed by atoms with van der Waals surface area (Å²) in [5.74, 6) is 0.843. The number of ether oxygens (including phenoxy) is 2. The zero-order valence-corrected chi connectivity index (χ0v) is 15.6. The molecule has 1 aromatic heterocycles. The van der Waals surface area contributed by atoms with E-state index in [1.54, 1.807) is 11.4 Å². The summed E-state index contributed by atoms with van der Waals surface area (Å²) >= 11 is 1.30. The van der Waals surface area contributed by atoms with E-state index >= 15 is 0 Å². The van der Waals surface area contributed by atoms with Gasteiger partial charge in [0, 0.05) is 6.04 Å². The highest BCUT2D eigenvalue weighted by molar-refractivity contribution is 7.14. The molecule has 142 valence electrons. The van der Waals surface area contributed by atoms with Crippen molar-refractivity contribution in [2.45, 2.75) is 18.9 Å². The number of nitrogens with zero attached hydrogens (tertiary/aromatic N) is 1. The Hall–Kier alpha value is -2.58. The minimum absolute atomic E-state index is 0.149. The van der Waals surface area contributed by atoms with Crippen LogP contribution in [0.5, 0.6) is 11.5 Å².